The summed E-state index contributed by atoms with van der Waals surface area (Å²) in [5, 5.41) is 0. The fourth-order valence-corrected chi connectivity index (χ4v) is 7.33. The molecule has 1 saturated carbocycles. The van der Waals surface area contributed by atoms with Gasteiger partial charge in [-0.05, 0) is 33.7 Å². The first-order valence-electron chi connectivity index (χ1n) is 11.6. The molecule has 0 radical (unpaired) electrons. The molecule has 1 aliphatic heterocycles. The van der Waals surface area contributed by atoms with Gasteiger partial charge in [-0.2, -0.15) is 0 Å². The lowest BCUT2D eigenvalue weighted by Crippen LogP contribution is -2.28. The minimum absolute atomic E-state index is 0.0562. The van der Waals surface area contributed by atoms with Crippen molar-refractivity contribution in [3.63, 3.8) is 0 Å². The highest BCUT2D eigenvalue weighted by atomic mass is 15.0. The first-order chi connectivity index (χ1) is 15.8. The number of fused-ring (bicyclic) bond motifs is 5. The van der Waals surface area contributed by atoms with Crippen LogP contribution < -0.4 is 0 Å². The van der Waals surface area contributed by atoms with Gasteiger partial charge in [0.15, 0.2) is 0 Å². The van der Waals surface area contributed by atoms with Crippen molar-refractivity contribution in [1.82, 2.24) is 0 Å². The second kappa shape index (κ2) is 6.29. The average molecular weight is 412 g/mol. The van der Waals surface area contributed by atoms with Crippen molar-refractivity contribution in [3.8, 4) is 0 Å². The molecule has 4 aromatic rings. The van der Waals surface area contributed by atoms with Crippen LogP contribution in [0, 0.1) is 11.3 Å². The zero-order valence-corrected chi connectivity index (χ0v) is 18.1. The lowest BCUT2D eigenvalue weighted by atomic mass is 9.69. The van der Waals surface area contributed by atoms with Crippen LogP contribution >= 0.6 is 0 Å². The summed E-state index contributed by atoms with van der Waals surface area (Å²) in [4.78, 5) is 5.59. The molecule has 1 heteroatoms. The Hall–Kier alpha value is -3.45. The molecule has 5 unspecified atom stereocenters. The van der Waals surface area contributed by atoms with Crippen molar-refractivity contribution in [2.24, 2.45) is 16.3 Å². The zero-order chi connectivity index (χ0) is 21.3. The first-order valence-corrected chi connectivity index (χ1v) is 11.6. The molecule has 0 spiro atoms. The Labute approximate surface area is 189 Å². The molecule has 0 aromatic heterocycles. The third-order valence-electron chi connectivity index (χ3n) is 8.45. The van der Waals surface area contributed by atoms with Crippen LogP contribution in [0.3, 0.4) is 0 Å². The van der Waals surface area contributed by atoms with Crippen LogP contribution in [0.5, 0.6) is 0 Å². The van der Waals surface area contributed by atoms with E-state index in [1.54, 1.807) is 0 Å². The maximum atomic E-state index is 5.59. The highest BCUT2D eigenvalue weighted by Gasteiger charge is 2.83. The first kappa shape index (κ1) is 18.2. The van der Waals surface area contributed by atoms with Crippen LogP contribution in [0.25, 0.3) is 0 Å². The van der Waals surface area contributed by atoms with E-state index in [0.717, 1.165) is 0 Å². The second-order valence-corrected chi connectivity index (χ2v) is 9.67. The van der Waals surface area contributed by atoms with Crippen molar-refractivity contribution in [1.29, 1.82) is 0 Å². The van der Waals surface area contributed by atoms with Gasteiger partial charge in [-0.15, -0.1) is 0 Å². The van der Waals surface area contributed by atoms with E-state index in [2.05, 4.69) is 122 Å². The van der Waals surface area contributed by atoms with E-state index < -0.39 is 0 Å². The Balaban J connectivity index is 1.59. The number of benzene rings is 4. The van der Waals surface area contributed by atoms with Gasteiger partial charge in [0.05, 0.1) is 11.8 Å². The van der Waals surface area contributed by atoms with E-state index >= 15 is 0 Å². The third-order valence-corrected chi connectivity index (χ3v) is 8.45. The Morgan fingerprint density at radius 2 is 1.25 bits per heavy atom. The predicted molar refractivity (Wildman–Crippen MR) is 130 cm³/mol. The minimum atomic E-state index is -0.0625. The van der Waals surface area contributed by atoms with Gasteiger partial charge in [0.25, 0.3) is 0 Å². The average Bonchev–Trinajstić information content (AvgIpc) is 3.49. The molecule has 0 saturated heterocycles. The molecule has 0 N–H and O–H groups in total. The molecule has 154 valence electrons. The number of hydrogen-bond acceptors (Lipinski definition) is 1. The topological polar surface area (TPSA) is 12.4 Å². The quantitative estimate of drug-likeness (QED) is 0.346. The number of aliphatic imine (C=N–C) groups is 1. The fraction of sp³-hybridized carbons (Fsp3) is 0.194. The maximum absolute atomic E-state index is 5.59. The van der Waals surface area contributed by atoms with Gasteiger partial charge in [0.2, 0.25) is 0 Å². The van der Waals surface area contributed by atoms with E-state index in [1.165, 1.54) is 33.5 Å². The van der Waals surface area contributed by atoms with Crippen molar-refractivity contribution < 1.29 is 0 Å². The standard InChI is InChI=1S/C31H25N/c1-30-28-26(21-13-5-2-6-14-21)27(32-29(30)22-15-7-3-8-16-22)24-19-11-12-20-25(24)31(28,30)23-17-9-4-10-18-23/h2-20,26-28H,1H3. The molecule has 2 aliphatic carbocycles. The van der Waals surface area contributed by atoms with Gasteiger partial charge in [0, 0.05) is 16.7 Å². The summed E-state index contributed by atoms with van der Waals surface area (Å²) in [5.41, 5.74) is 8.14. The molecule has 1 nitrogen and oxygen atoms in total. The molecule has 4 aromatic carbocycles. The zero-order valence-electron chi connectivity index (χ0n) is 18.1. The molecular weight excluding hydrogens is 386 g/mol. The van der Waals surface area contributed by atoms with Crippen LogP contribution in [-0.4, -0.2) is 5.71 Å². The monoisotopic (exact) mass is 411 g/mol. The largest absolute Gasteiger partial charge is 0.280 e. The van der Waals surface area contributed by atoms with Crippen LogP contribution in [0.2, 0.25) is 0 Å². The third kappa shape index (κ3) is 2.02. The molecule has 5 atom stereocenters. The summed E-state index contributed by atoms with van der Waals surface area (Å²) >= 11 is 0. The van der Waals surface area contributed by atoms with Crippen molar-refractivity contribution in [3.05, 3.63) is 143 Å². The SMILES string of the molecule is CC12C(c3ccccc3)=NC3c4ccccc4C1(c1ccccc1)C2C3c1ccccc1. The highest BCUT2D eigenvalue weighted by Crippen LogP contribution is 2.83. The summed E-state index contributed by atoms with van der Waals surface area (Å²) in [6, 6.07) is 42.4. The van der Waals surface area contributed by atoms with Gasteiger partial charge in [-0.25, -0.2) is 0 Å². The second-order valence-electron chi connectivity index (χ2n) is 9.67. The van der Waals surface area contributed by atoms with E-state index in [-0.39, 0.29) is 16.9 Å². The van der Waals surface area contributed by atoms with Crippen LogP contribution in [-0.2, 0) is 5.41 Å². The molecule has 0 amide bonds. The summed E-state index contributed by atoms with van der Waals surface area (Å²) in [5.74, 6) is 0.858. The lowest BCUT2D eigenvalue weighted by Gasteiger charge is -2.36. The normalized spacial score (nSPS) is 31.4. The van der Waals surface area contributed by atoms with Crippen LogP contribution in [0.15, 0.2) is 120 Å². The van der Waals surface area contributed by atoms with E-state index in [9.17, 15) is 0 Å². The molecule has 32 heavy (non-hydrogen) atoms. The summed E-state index contributed by atoms with van der Waals surface area (Å²) in [6.45, 7) is 2.48. The van der Waals surface area contributed by atoms with E-state index in [4.69, 9.17) is 4.99 Å². The molecular formula is C31H25N. The van der Waals surface area contributed by atoms with Crippen LogP contribution in [0.4, 0.5) is 0 Å². The Bertz CT molecular complexity index is 1340. The van der Waals surface area contributed by atoms with E-state index in [1.807, 2.05) is 0 Å². The predicted octanol–water partition coefficient (Wildman–Crippen LogP) is 6.95. The summed E-state index contributed by atoms with van der Waals surface area (Å²) in [6.07, 6.45) is 0. The molecule has 1 fully saturated rings. The lowest BCUT2D eigenvalue weighted by molar-refractivity contribution is 0.414. The molecule has 1 heterocycles. The minimum Gasteiger partial charge on any atom is -0.280 e. The number of nitrogens with zero attached hydrogens (tertiary/aromatic N) is 1. The number of rotatable bonds is 3. The van der Waals surface area contributed by atoms with Gasteiger partial charge in [0.1, 0.15) is 0 Å². The van der Waals surface area contributed by atoms with Gasteiger partial charge in [-0.3, -0.25) is 4.99 Å². The molecule has 2 bridgehead atoms. The Morgan fingerprint density at radius 1 is 0.656 bits per heavy atom. The van der Waals surface area contributed by atoms with Crippen molar-refractivity contribution in [2.75, 3.05) is 0 Å². The van der Waals surface area contributed by atoms with Gasteiger partial charge >= 0.3 is 0 Å². The maximum Gasteiger partial charge on any atom is 0.0827 e. The van der Waals surface area contributed by atoms with Crippen molar-refractivity contribution >= 4 is 5.71 Å². The Morgan fingerprint density at radius 3 is 1.97 bits per heavy atom. The highest BCUT2D eigenvalue weighted by molar-refractivity contribution is 6.11. The Kier molecular flexibility index (Phi) is 3.57. The molecule has 7 rings (SSSR count). The van der Waals surface area contributed by atoms with Crippen LogP contribution in [0.1, 0.15) is 46.7 Å². The fourth-order valence-electron chi connectivity index (χ4n) is 7.33. The van der Waals surface area contributed by atoms with Crippen molar-refractivity contribution in [2.45, 2.75) is 24.3 Å². The van der Waals surface area contributed by atoms with Gasteiger partial charge in [-0.1, -0.05) is 122 Å². The van der Waals surface area contributed by atoms with E-state index in [0.29, 0.717) is 11.8 Å². The number of hydrogen-bond donors (Lipinski definition) is 0. The smallest absolute Gasteiger partial charge is 0.0827 e. The van der Waals surface area contributed by atoms with Gasteiger partial charge < -0.3 is 0 Å². The summed E-state index contributed by atoms with van der Waals surface area (Å²) in [7, 11) is 0. The summed E-state index contributed by atoms with van der Waals surface area (Å²) < 4.78 is 0. The molecule has 3 aliphatic rings.